The van der Waals surface area contributed by atoms with Crippen molar-refractivity contribution in [1.29, 1.82) is 0 Å². The van der Waals surface area contributed by atoms with Gasteiger partial charge in [-0.05, 0) is 19.3 Å². The summed E-state index contributed by atoms with van der Waals surface area (Å²) in [5.41, 5.74) is 0. The zero-order valence-corrected chi connectivity index (χ0v) is 6.92. The highest BCUT2D eigenvalue weighted by Gasteiger charge is 2.12. The zero-order chi connectivity index (χ0) is 8.15. The van der Waals surface area contributed by atoms with Gasteiger partial charge >= 0.3 is 0 Å². The number of rotatable bonds is 4. The third-order valence-corrected chi connectivity index (χ3v) is 1.79. The van der Waals surface area contributed by atoms with Crippen LogP contribution in [0.4, 0.5) is 0 Å². The summed E-state index contributed by atoms with van der Waals surface area (Å²) >= 11 is 0. The molecule has 0 spiro atoms. The standard InChI is InChI=1S/C8H16O2/c1-4-6(2)5-8(10)7(3)9/h6,8,10H,4-5H2,1-3H3. The molecule has 0 aromatic heterocycles. The molecule has 0 bridgehead atoms. The minimum absolute atomic E-state index is 0.125. The lowest BCUT2D eigenvalue weighted by atomic mass is 9.99. The number of aliphatic hydroxyl groups is 1. The predicted octanol–water partition coefficient (Wildman–Crippen LogP) is 1.37. The van der Waals surface area contributed by atoms with Crippen molar-refractivity contribution in [1.82, 2.24) is 0 Å². The van der Waals surface area contributed by atoms with E-state index in [1.807, 2.05) is 6.92 Å². The van der Waals surface area contributed by atoms with E-state index in [2.05, 4.69) is 6.92 Å². The fourth-order valence-electron chi connectivity index (χ4n) is 0.714. The van der Waals surface area contributed by atoms with E-state index >= 15 is 0 Å². The minimum Gasteiger partial charge on any atom is -0.385 e. The molecule has 2 atom stereocenters. The molecule has 0 aliphatic heterocycles. The average Bonchev–Trinajstić information content (AvgIpc) is 1.87. The quantitative estimate of drug-likeness (QED) is 0.647. The van der Waals surface area contributed by atoms with Crippen LogP contribution in [0.5, 0.6) is 0 Å². The summed E-state index contributed by atoms with van der Waals surface area (Å²) in [7, 11) is 0. The Morgan fingerprint density at radius 2 is 2.10 bits per heavy atom. The van der Waals surface area contributed by atoms with Gasteiger partial charge < -0.3 is 5.11 Å². The smallest absolute Gasteiger partial charge is 0.158 e. The number of carbonyl (C=O) groups excluding carboxylic acids is 1. The van der Waals surface area contributed by atoms with Gasteiger partial charge in [-0.25, -0.2) is 0 Å². The number of hydrogen-bond donors (Lipinski definition) is 1. The van der Waals surface area contributed by atoms with E-state index in [0.717, 1.165) is 6.42 Å². The van der Waals surface area contributed by atoms with E-state index in [1.165, 1.54) is 6.92 Å². The highest BCUT2D eigenvalue weighted by molar-refractivity contribution is 5.80. The van der Waals surface area contributed by atoms with Crippen LogP contribution < -0.4 is 0 Å². The molecule has 0 heterocycles. The van der Waals surface area contributed by atoms with Gasteiger partial charge in [-0.3, -0.25) is 4.79 Å². The van der Waals surface area contributed by atoms with Gasteiger partial charge in [0.1, 0.15) is 6.10 Å². The van der Waals surface area contributed by atoms with Gasteiger partial charge in [0.15, 0.2) is 5.78 Å². The molecule has 2 heteroatoms. The van der Waals surface area contributed by atoms with Crippen LogP contribution in [0.25, 0.3) is 0 Å². The second kappa shape index (κ2) is 4.45. The fraction of sp³-hybridized carbons (Fsp3) is 0.875. The fourth-order valence-corrected chi connectivity index (χ4v) is 0.714. The van der Waals surface area contributed by atoms with E-state index in [4.69, 9.17) is 5.11 Å². The molecule has 0 aliphatic carbocycles. The molecule has 0 radical (unpaired) electrons. The molecule has 0 rings (SSSR count). The largest absolute Gasteiger partial charge is 0.385 e. The first-order valence-corrected chi connectivity index (χ1v) is 3.76. The predicted molar refractivity (Wildman–Crippen MR) is 40.8 cm³/mol. The van der Waals surface area contributed by atoms with E-state index in [-0.39, 0.29) is 5.78 Å². The highest BCUT2D eigenvalue weighted by Crippen LogP contribution is 2.09. The Morgan fingerprint density at radius 3 is 2.40 bits per heavy atom. The maximum Gasteiger partial charge on any atom is 0.158 e. The Bertz CT molecular complexity index is 110. The van der Waals surface area contributed by atoms with E-state index in [0.29, 0.717) is 12.3 Å². The molecular formula is C8H16O2. The van der Waals surface area contributed by atoms with E-state index in [9.17, 15) is 4.79 Å². The number of carbonyl (C=O) groups is 1. The van der Waals surface area contributed by atoms with Crippen molar-refractivity contribution in [3.05, 3.63) is 0 Å². The van der Waals surface area contributed by atoms with Crippen LogP contribution in [0, 0.1) is 5.92 Å². The van der Waals surface area contributed by atoms with Crippen LogP contribution >= 0.6 is 0 Å². The Morgan fingerprint density at radius 1 is 1.60 bits per heavy atom. The van der Waals surface area contributed by atoms with Crippen molar-refractivity contribution in [2.45, 2.75) is 39.7 Å². The van der Waals surface area contributed by atoms with Gasteiger partial charge in [0.05, 0.1) is 0 Å². The maximum absolute atomic E-state index is 10.5. The van der Waals surface area contributed by atoms with Crippen LogP contribution in [0.15, 0.2) is 0 Å². The summed E-state index contributed by atoms with van der Waals surface area (Å²) in [6, 6.07) is 0. The topological polar surface area (TPSA) is 37.3 Å². The number of ketones is 1. The zero-order valence-electron chi connectivity index (χ0n) is 6.92. The first-order chi connectivity index (χ1) is 4.57. The van der Waals surface area contributed by atoms with Gasteiger partial charge in [-0.15, -0.1) is 0 Å². The summed E-state index contributed by atoms with van der Waals surface area (Å²) in [5.74, 6) is 0.319. The lowest BCUT2D eigenvalue weighted by Gasteiger charge is -2.11. The van der Waals surface area contributed by atoms with E-state index in [1.54, 1.807) is 0 Å². The summed E-state index contributed by atoms with van der Waals surface area (Å²) in [6.45, 7) is 5.51. The van der Waals surface area contributed by atoms with Crippen molar-refractivity contribution in [2.24, 2.45) is 5.92 Å². The lowest BCUT2D eigenvalue weighted by molar-refractivity contribution is -0.125. The van der Waals surface area contributed by atoms with Gasteiger partial charge in [-0.2, -0.15) is 0 Å². The van der Waals surface area contributed by atoms with Gasteiger partial charge in [-0.1, -0.05) is 20.3 Å². The van der Waals surface area contributed by atoms with Crippen LogP contribution in [0.3, 0.4) is 0 Å². The van der Waals surface area contributed by atoms with Crippen molar-refractivity contribution in [3.63, 3.8) is 0 Å². The number of aliphatic hydroxyl groups excluding tert-OH is 1. The van der Waals surface area contributed by atoms with Gasteiger partial charge in [0.25, 0.3) is 0 Å². The van der Waals surface area contributed by atoms with Crippen LogP contribution in [0.2, 0.25) is 0 Å². The number of hydrogen-bond acceptors (Lipinski definition) is 2. The van der Waals surface area contributed by atoms with Gasteiger partial charge in [0.2, 0.25) is 0 Å². The second-order valence-corrected chi connectivity index (χ2v) is 2.88. The molecule has 0 saturated carbocycles. The monoisotopic (exact) mass is 144 g/mol. The molecule has 2 unspecified atom stereocenters. The molecule has 10 heavy (non-hydrogen) atoms. The lowest BCUT2D eigenvalue weighted by Crippen LogP contribution is -2.19. The van der Waals surface area contributed by atoms with Crippen molar-refractivity contribution >= 4 is 5.78 Å². The van der Waals surface area contributed by atoms with Crippen molar-refractivity contribution in [2.75, 3.05) is 0 Å². The summed E-state index contributed by atoms with van der Waals surface area (Å²) in [5, 5.41) is 9.08. The van der Waals surface area contributed by atoms with Crippen LogP contribution in [-0.4, -0.2) is 17.0 Å². The highest BCUT2D eigenvalue weighted by atomic mass is 16.3. The summed E-state index contributed by atoms with van der Waals surface area (Å²) in [4.78, 5) is 10.5. The third kappa shape index (κ3) is 3.62. The van der Waals surface area contributed by atoms with E-state index < -0.39 is 6.10 Å². The number of Topliss-reactive ketones (excluding diaryl/α,β-unsaturated/α-hetero) is 1. The van der Waals surface area contributed by atoms with Crippen molar-refractivity contribution in [3.8, 4) is 0 Å². The normalized spacial score (nSPS) is 16.4. The summed E-state index contributed by atoms with van der Waals surface area (Å²) < 4.78 is 0. The molecule has 0 aliphatic rings. The molecule has 0 aromatic rings. The van der Waals surface area contributed by atoms with Gasteiger partial charge in [0, 0.05) is 0 Å². The minimum atomic E-state index is -0.741. The molecule has 60 valence electrons. The van der Waals surface area contributed by atoms with Crippen LogP contribution in [-0.2, 0) is 4.79 Å². The summed E-state index contributed by atoms with van der Waals surface area (Å²) in [6.07, 6.45) is 0.880. The average molecular weight is 144 g/mol. The first kappa shape index (κ1) is 9.63. The molecule has 0 amide bonds. The molecule has 1 N–H and O–H groups in total. The third-order valence-electron chi connectivity index (χ3n) is 1.79. The molecular weight excluding hydrogens is 128 g/mol. The molecule has 0 saturated heterocycles. The Balaban J connectivity index is 3.56. The maximum atomic E-state index is 10.5. The first-order valence-electron chi connectivity index (χ1n) is 3.76. The molecule has 0 fully saturated rings. The van der Waals surface area contributed by atoms with Crippen LogP contribution in [0.1, 0.15) is 33.6 Å². The Labute approximate surface area is 62.2 Å². The Hall–Kier alpha value is -0.370. The van der Waals surface area contributed by atoms with Crippen molar-refractivity contribution < 1.29 is 9.90 Å². The SMILES string of the molecule is CCC(C)CC(O)C(C)=O. The molecule has 2 nitrogen and oxygen atoms in total. The second-order valence-electron chi connectivity index (χ2n) is 2.88. The Kier molecular flexibility index (Phi) is 4.28. The molecule has 0 aromatic carbocycles.